The molecule has 8 atom stereocenters. The van der Waals surface area contributed by atoms with Crippen molar-refractivity contribution >= 4 is 11.8 Å². The average molecular weight is 431 g/mol. The summed E-state index contributed by atoms with van der Waals surface area (Å²) in [6.45, 7) is 10.8. The number of allylic oxidation sites excluding steroid dienone is 2. The van der Waals surface area contributed by atoms with Gasteiger partial charge in [-0.15, -0.1) is 0 Å². The van der Waals surface area contributed by atoms with Gasteiger partial charge in [-0.2, -0.15) is 0 Å². The summed E-state index contributed by atoms with van der Waals surface area (Å²) in [4.78, 5) is 26.8. The maximum atomic E-state index is 14.2. The lowest BCUT2D eigenvalue weighted by molar-refractivity contribution is -0.201. The largest absolute Gasteiger partial charge is 0.451 e. The van der Waals surface area contributed by atoms with E-state index in [1.165, 1.54) is 0 Å². The van der Waals surface area contributed by atoms with E-state index in [1.54, 1.807) is 39.0 Å². The maximum absolute atomic E-state index is 14.2. The summed E-state index contributed by atoms with van der Waals surface area (Å²) in [7, 11) is 0. The molecule has 6 nitrogen and oxygen atoms in total. The number of aliphatic hydroxyl groups excluding tert-OH is 2. The zero-order valence-corrected chi connectivity index (χ0v) is 19.2. The third-order valence-corrected chi connectivity index (χ3v) is 8.88. The van der Waals surface area contributed by atoms with Crippen LogP contribution in [0.5, 0.6) is 0 Å². The monoisotopic (exact) mass is 430 g/mol. The predicted octanol–water partition coefficient (Wildman–Crippen LogP) is 2.33. The highest BCUT2D eigenvalue weighted by atomic mass is 16.6. The number of esters is 1. The molecule has 0 heterocycles. The molecule has 0 saturated heterocycles. The molecule has 0 aromatic rings. The van der Waals surface area contributed by atoms with Crippen molar-refractivity contribution in [2.45, 2.75) is 65.8 Å². The van der Waals surface area contributed by atoms with Gasteiger partial charge in [0.25, 0.3) is 0 Å². The molecule has 4 rings (SSSR count). The highest BCUT2D eigenvalue weighted by molar-refractivity contribution is 5.96. The second kappa shape index (κ2) is 6.87. The molecule has 4 aliphatic rings. The minimum atomic E-state index is -2.08. The molecule has 0 aromatic heterocycles. The molecule has 1 unspecified atom stereocenters. The van der Waals surface area contributed by atoms with E-state index in [4.69, 9.17) is 4.74 Å². The van der Waals surface area contributed by atoms with Crippen LogP contribution in [0.2, 0.25) is 0 Å². The van der Waals surface area contributed by atoms with E-state index >= 15 is 0 Å². The Morgan fingerprint density at radius 2 is 2.00 bits per heavy atom. The number of carbonyl (C=O) groups is 2. The van der Waals surface area contributed by atoms with Gasteiger partial charge in [-0.1, -0.05) is 39.0 Å². The van der Waals surface area contributed by atoms with Crippen LogP contribution in [0.15, 0.2) is 34.9 Å². The zero-order valence-electron chi connectivity index (χ0n) is 19.2. The van der Waals surface area contributed by atoms with Gasteiger partial charge in [0.2, 0.25) is 0 Å². The van der Waals surface area contributed by atoms with Crippen LogP contribution in [0.4, 0.5) is 0 Å². The molecule has 2 bridgehead atoms. The van der Waals surface area contributed by atoms with Gasteiger partial charge in [0.1, 0.15) is 6.10 Å². The number of hydrogen-bond donors (Lipinski definition) is 3. The normalized spacial score (nSPS) is 45.6. The summed E-state index contributed by atoms with van der Waals surface area (Å²) in [6.07, 6.45) is 3.04. The van der Waals surface area contributed by atoms with Crippen LogP contribution in [0.25, 0.3) is 0 Å². The lowest BCUT2D eigenvalue weighted by atomic mass is 9.59. The van der Waals surface area contributed by atoms with Crippen LogP contribution in [0.3, 0.4) is 0 Å². The van der Waals surface area contributed by atoms with Crippen LogP contribution in [-0.4, -0.2) is 51.5 Å². The Morgan fingerprint density at radius 3 is 2.58 bits per heavy atom. The first-order valence-electron chi connectivity index (χ1n) is 11.2. The van der Waals surface area contributed by atoms with Crippen LogP contribution < -0.4 is 0 Å². The second-order valence-corrected chi connectivity index (χ2v) is 10.6. The molecule has 2 saturated carbocycles. The fraction of sp³-hybridized carbons (Fsp3) is 0.680. The van der Waals surface area contributed by atoms with Gasteiger partial charge in [-0.05, 0) is 61.5 Å². The number of ether oxygens (including phenoxy) is 1. The summed E-state index contributed by atoms with van der Waals surface area (Å²) in [6, 6.07) is 0. The SMILES string of the molecule is C/C=C(/C)C(=O)O[C@H]1C(C)=C[C@@]23C(=O)[C@@H](C=C(CO)[C@@H](O)[C@]12O)[C@@H]1[C@@H](CC3C)C1(C)C. The molecule has 170 valence electrons. The number of Topliss-reactive ketones (excluding diaryl/α,β-unsaturated/α-hetero) is 1. The summed E-state index contributed by atoms with van der Waals surface area (Å²) in [5.74, 6) is -1.13. The van der Waals surface area contributed by atoms with Gasteiger partial charge in [0.15, 0.2) is 17.5 Å². The summed E-state index contributed by atoms with van der Waals surface area (Å²) >= 11 is 0. The Hall–Kier alpha value is -1.76. The molecule has 31 heavy (non-hydrogen) atoms. The molecule has 0 aliphatic heterocycles. The summed E-state index contributed by atoms with van der Waals surface area (Å²) in [5.41, 5.74) is -2.36. The Balaban J connectivity index is 1.91. The van der Waals surface area contributed by atoms with Crippen molar-refractivity contribution in [2.75, 3.05) is 6.61 Å². The van der Waals surface area contributed by atoms with E-state index in [9.17, 15) is 24.9 Å². The molecular weight excluding hydrogens is 396 g/mol. The summed E-state index contributed by atoms with van der Waals surface area (Å²) < 4.78 is 5.72. The smallest absolute Gasteiger partial charge is 0.334 e. The van der Waals surface area contributed by atoms with Gasteiger partial charge in [0, 0.05) is 11.5 Å². The van der Waals surface area contributed by atoms with E-state index in [0.717, 1.165) is 6.42 Å². The van der Waals surface area contributed by atoms with Crippen LogP contribution in [0.1, 0.15) is 48.0 Å². The fourth-order valence-electron chi connectivity index (χ4n) is 6.91. The second-order valence-electron chi connectivity index (χ2n) is 10.6. The van der Waals surface area contributed by atoms with E-state index in [-0.39, 0.29) is 28.6 Å². The lowest BCUT2D eigenvalue weighted by Gasteiger charge is -2.48. The Labute approximate surface area is 183 Å². The quantitative estimate of drug-likeness (QED) is 0.361. The van der Waals surface area contributed by atoms with Gasteiger partial charge in [-0.25, -0.2) is 4.79 Å². The van der Waals surface area contributed by atoms with E-state index in [2.05, 4.69) is 13.8 Å². The molecule has 6 heteroatoms. The number of carbonyl (C=O) groups excluding carboxylic acids is 2. The number of rotatable bonds is 3. The van der Waals surface area contributed by atoms with Crippen molar-refractivity contribution < 1.29 is 29.6 Å². The Morgan fingerprint density at radius 1 is 1.35 bits per heavy atom. The van der Waals surface area contributed by atoms with Gasteiger partial charge >= 0.3 is 5.97 Å². The Kier molecular flexibility index (Phi) is 4.97. The van der Waals surface area contributed by atoms with E-state index in [0.29, 0.717) is 17.1 Å². The van der Waals surface area contributed by atoms with Gasteiger partial charge in [0.05, 0.1) is 12.0 Å². The van der Waals surface area contributed by atoms with Crippen molar-refractivity contribution in [3.63, 3.8) is 0 Å². The van der Waals surface area contributed by atoms with Crippen molar-refractivity contribution in [3.8, 4) is 0 Å². The average Bonchev–Trinajstić information content (AvgIpc) is 3.21. The van der Waals surface area contributed by atoms with Crippen LogP contribution in [-0.2, 0) is 14.3 Å². The molecule has 1 spiro atoms. The highest BCUT2D eigenvalue weighted by Gasteiger charge is 2.76. The predicted molar refractivity (Wildman–Crippen MR) is 115 cm³/mol. The molecular formula is C25H34O6. The van der Waals surface area contributed by atoms with E-state index < -0.39 is 41.7 Å². The molecule has 4 aliphatic carbocycles. The first kappa shape index (κ1) is 22.4. The molecule has 0 aromatic carbocycles. The minimum absolute atomic E-state index is 0.0209. The molecule has 2 fully saturated rings. The number of aliphatic hydroxyl groups is 3. The number of ketones is 1. The van der Waals surface area contributed by atoms with Crippen molar-refractivity contribution in [2.24, 2.45) is 34.5 Å². The minimum Gasteiger partial charge on any atom is -0.451 e. The van der Waals surface area contributed by atoms with Gasteiger partial charge < -0.3 is 20.1 Å². The topological polar surface area (TPSA) is 104 Å². The van der Waals surface area contributed by atoms with E-state index in [1.807, 2.05) is 6.92 Å². The van der Waals surface area contributed by atoms with Crippen molar-refractivity contribution in [3.05, 3.63) is 34.9 Å². The third-order valence-electron chi connectivity index (χ3n) is 8.88. The third kappa shape index (κ3) is 2.61. The van der Waals surface area contributed by atoms with Crippen LogP contribution in [0, 0.1) is 34.5 Å². The first-order chi connectivity index (χ1) is 14.4. The van der Waals surface area contributed by atoms with Crippen molar-refractivity contribution in [1.29, 1.82) is 0 Å². The number of fused-ring (bicyclic) bond motifs is 3. The molecule has 3 N–H and O–H groups in total. The first-order valence-corrected chi connectivity index (χ1v) is 11.2. The number of hydrogen-bond acceptors (Lipinski definition) is 6. The standard InChI is InChI=1S/C25H34O6/c1-7-12(2)22(29)31-21-13(3)10-24-14(4)8-17-18(23(17,5)6)16(20(24)28)9-15(11-26)19(27)25(21,24)30/h7,9-10,14,16-19,21,26-27,30H,8,11H2,1-6H3/b12-7-/t14?,16-,17+,18+,19+,21-,24+,25-/m0/s1. The van der Waals surface area contributed by atoms with Crippen LogP contribution >= 0.6 is 0 Å². The maximum Gasteiger partial charge on any atom is 0.334 e. The molecule has 0 amide bonds. The zero-order chi connectivity index (χ0) is 23.1. The fourth-order valence-corrected chi connectivity index (χ4v) is 6.91. The Bertz CT molecular complexity index is 926. The summed E-state index contributed by atoms with van der Waals surface area (Å²) in [5, 5.41) is 33.7. The molecule has 0 radical (unpaired) electrons. The highest BCUT2D eigenvalue weighted by Crippen LogP contribution is 2.71. The lowest BCUT2D eigenvalue weighted by Crippen LogP contribution is -2.65. The van der Waals surface area contributed by atoms with Gasteiger partial charge in [-0.3, -0.25) is 4.79 Å². The van der Waals surface area contributed by atoms with Crippen molar-refractivity contribution in [1.82, 2.24) is 0 Å².